The lowest BCUT2D eigenvalue weighted by atomic mass is 10.0. The summed E-state index contributed by atoms with van der Waals surface area (Å²) in [6.45, 7) is 6.21. The molecule has 0 aromatic heterocycles. The first kappa shape index (κ1) is 20.2. The van der Waals surface area contributed by atoms with Crippen molar-refractivity contribution in [2.45, 2.75) is 25.8 Å². The average molecular weight is 382 g/mol. The molecule has 0 saturated carbocycles. The molecule has 0 aliphatic carbocycles. The molecule has 150 valence electrons. The van der Waals surface area contributed by atoms with Crippen molar-refractivity contribution in [3.05, 3.63) is 60.2 Å². The van der Waals surface area contributed by atoms with Crippen LogP contribution >= 0.6 is 0 Å². The maximum Gasteiger partial charge on any atom is 0.234 e. The number of rotatable bonds is 8. The van der Waals surface area contributed by atoms with E-state index < -0.39 is 0 Å². The fraction of sp³-hybridized carbons (Fsp3) is 0.435. The van der Waals surface area contributed by atoms with E-state index in [9.17, 15) is 4.79 Å². The van der Waals surface area contributed by atoms with Gasteiger partial charge in [-0.05, 0) is 24.1 Å². The minimum absolute atomic E-state index is 0.0942. The van der Waals surface area contributed by atoms with Gasteiger partial charge in [0.2, 0.25) is 5.91 Å². The molecule has 2 aromatic carbocycles. The number of nitrogens with zero attached hydrogens (tertiary/aromatic N) is 2. The molecule has 2 aromatic rings. The molecule has 0 spiro atoms. The second-order valence-corrected chi connectivity index (χ2v) is 7.28. The number of anilines is 1. The summed E-state index contributed by atoms with van der Waals surface area (Å²) in [4.78, 5) is 17.2. The van der Waals surface area contributed by atoms with Gasteiger partial charge in [-0.15, -0.1) is 0 Å². The summed E-state index contributed by atoms with van der Waals surface area (Å²) in [5.74, 6) is 0.985. The fourth-order valence-corrected chi connectivity index (χ4v) is 3.71. The molecule has 28 heavy (non-hydrogen) atoms. The zero-order chi connectivity index (χ0) is 19.8. The van der Waals surface area contributed by atoms with Gasteiger partial charge in [0.25, 0.3) is 0 Å². The lowest BCUT2D eigenvalue weighted by molar-refractivity contribution is -0.123. The van der Waals surface area contributed by atoms with Gasteiger partial charge in [-0.3, -0.25) is 9.69 Å². The molecular weight excluding hydrogens is 350 g/mol. The Morgan fingerprint density at radius 3 is 2.50 bits per heavy atom. The Hall–Kier alpha value is -2.53. The minimum atomic E-state index is 0.0942. The quantitative estimate of drug-likeness (QED) is 0.760. The highest BCUT2D eigenvalue weighted by Crippen LogP contribution is 2.22. The summed E-state index contributed by atoms with van der Waals surface area (Å²) in [7, 11) is 1.69. The molecule has 1 aliphatic rings. The summed E-state index contributed by atoms with van der Waals surface area (Å²) >= 11 is 0. The van der Waals surface area contributed by atoms with E-state index in [1.807, 2.05) is 30.3 Å². The predicted molar refractivity (Wildman–Crippen MR) is 114 cm³/mol. The van der Waals surface area contributed by atoms with Gasteiger partial charge in [0.05, 0.1) is 19.7 Å². The summed E-state index contributed by atoms with van der Waals surface area (Å²) in [6.07, 6.45) is 2.00. The van der Waals surface area contributed by atoms with Gasteiger partial charge in [0, 0.05) is 37.9 Å². The van der Waals surface area contributed by atoms with Crippen molar-refractivity contribution in [3.8, 4) is 5.75 Å². The maximum atomic E-state index is 12.6. The monoisotopic (exact) mass is 381 g/mol. The van der Waals surface area contributed by atoms with Crippen molar-refractivity contribution >= 4 is 11.6 Å². The Morgan fingerprint density at radius 1 is 1.07 bits per heavy atom. The van der Waals surface area contributed by atoms with Crippen molar-refractivity contribution < 1.29 is 9.53 Å². The zero-order valence-corrected chi connectivity index (χ0v) is 16.9. The second-order valence-electron chi connectivity index (χ2n) is 7.28. The van der Waals surface area contributed by atoms with Crippen molar-refractivity contribution in [2.75, 3.05) is 44.7 Å². The lowest BCUT2D eigenvalue weighted by Gasteiger charge is -2.36. The molecule has 1 amide bonds. The van der Waals surface area contributed by atoms with Crippen LogP contribution in [0.4, 0.5) is 5.69 Å². The van der Waals surface area contributed by atoms with Crippen molar-refractivity contribution in [1.29, 1.82) is 0 Å². The third-order valence-electron chi connectivity index (χ3n) is 5.27. The molecule has 1 heterocycles. The highest BCUT2D eigenvalue weighted by Gasteiger charge is 2.21. The van der Waals surface area contributed by atoms with Crippen LogP contribution in [0, 0.1) is 0 Å². The number of nitrogens with one attached hydrogen (secondary N) is 1. The van der Waals surface area contributed by atoms with E-state index in [-0.39, 0.29) is 11.9 Å². The van der Waals surface area contributed by atoms with Crippen molar-refractivity contribution in [1.82, 2.24) is 10.2 Å². The second kappa shape index (κ2) is 10.1. The molecule has 0 bridgehead atoms. The molecular formula is C23H31N3O2. The van der Waals surface area contributed by atoms with E-state index in [0.717, 1.165) is 44.8 Å². The minimum Gasteiger partial charge on any atom is -0.497 e. The molecule has 0 unspecified atom stereocenters. The summed E-state index contributed by atoms with van der Waals surface area (Å²) in [5, 5.41) is 3.23. The van der Waals surface area contributed by atoms with E-state index in [2.05, 4.69) is 46.3 Å². The number of carbonyl (C=O) groups excluding carboxylic acids is 1. The largest absolute Gasteiger partial charge is 0.497 e. The van der Waals surface area contributed by atoms with Crippen LogP contribution in [0.15, 0.2) is 54.6 Å². The number of hydrogen-bond donors (Lipinski definition) is 1. The SMILES string of the molecule is CCC[C@@H](NC(=O)CN1CCN(c2cccc(OC)c2)CC1)c1ccccc1. The zero-order valence-electron chi connectivity index (χ0n) is 16.9. The number of methoxy groups -OCH3 is 1. The fourth-order valence-electron chi connectivity index (χ4n) is 3.71. The number of amides is 1. The van der Waals surface area contributed by atoms with Crippen LogP contribution < -0.4 is 15.0 Å². The third-order valence-corrected chi connectivity index (χ3v) is 5.27. The molecule has 1 saturated heterocycles. The van der Waals surface area contributed by atoms with Gasteiger partial charge in [-0.25, -0.2) is 0 Å². The van der Waals surface area contributed by atoms with Crippen LogP contribution in [0.3, 0.4) is 0 Å². The van der Waals surface area contributed by atoms with E-state index >= 15 is 0 Å². The van der Waals surface area contributed by atoms with Gasteiger partial charge in [-0.2, -0.15) is 0 Å². The Labute approximate surface area is 168 Å². The standard InChI is InChI=1S/C23H31N3O2/c1-3-8-22(19-9-5-4-6-10-19)24-23(27)18-25-13-15-26(16-14-25)20-11-7-12-21(17-20)28-2/h4-7,9-12,17,22H,3,8,13-16,18H2,1-2H3,(H,24,27)/t22-/m1/s1. The Kier molecular flexibility index (Phi) is 7.31. The van der Waals surface area contributed by atoms with Crippen LogP contribution in [0.1, 0.15) is 31.4 Å². The van der Waals surface area contributed by atoms with Crippen molar-refractivity contribution in [2.24, 2.45) is 0 Å². The number of carbonyl (C=O) groups is 1. The first-order valence-corrected chi connectivity index (χ1v) is 10.1. The van der Waals surface area contributed by atoms with Gasteiger partial charge in [0.15, 0.2) is 0 Å². The van der Waals surface area contributed by atoms with E-state index in [1.165, 1.54) is 11.3 Å². The maximum absolute atomic E-state index is 12.6. The Bertz CT molecular complexity index is 743. The molecule has 5 heteroatoms. The molecule has 1 fully saturated rings. The molecule has 3 rings (SSSR count). The van der Waals surface area contributed by atoms with E-state index in [1.54, 1.807) is 7.11 Å². The summed E-state index contributed by atoms with van der Waals surface area (Å²) in [5.41, 5.74) is 2.36. The smallest absolute Gasteiger partial charge is 0.234 e. The van der Waals surface area contributed by atoms with E-state index in [0.29, 0.717) is 6.54 Å². The Morgan fingerprint density at radius 2 is 1.82 bits per heavy atom. The molecule has 1 aliphatic heterocycles. The molecule has 1 N–H and O–H groups in total. The van der Waals surface area contributed by atoms with E-state index in [4.69, 9.17) is 4.74 Å². The third kappa shape index (κ3) is 5.49. The van der Waals surface area contributed by atoms with Crippen LogP contribution in [-0.2, 0) is 4.79 Å². The molecule has 5 nitrogen and oxygen atoms in total. The van der Waals surface area contributed by atoms with Crippen LogP contribution in [0.5, 0.6) is 5.75 Å². The van der Waals surface area contributed by atoms with Gasteiger partial charge in [0.1, 0.15) is 5.75 Å². The number of piperazine rings is 1. The number of hydrogen-bond acceptors (Lipinski definition) is 4. The summed E-state index contributed by atoms with van der Waals surface area (Å²) in [6, 6.07) is 18.5. The van der Waals surface area contributed by atoms with Gasteiger partial charge < -0.3 is 15.0 Å². The highest BCUT2D eigenvalue weighted by atomic mass is 16.5. The Balaban J connectivity index is 1.50. The molecule has 1 atom stereocenters. The van der Waals surface area contributed by atoms with Crippen LogP contribution in [0.2, 0.25) is 0 Å². The first-order chi connectivity index (χ1) is 13.7. The summed E-state index contributed by atoms with van der Waals surface area (Å²) < 4.78 is 5.32. The number of ether oxygens (including phenoxy) is 1. The van der Waals surface area contributed by atoms with Crippen LogP contribution in [-0.4, -0.2) is 50.6 Å². The number of benzene rings is 2. The van der Waals surface area contributed by atoms with Crippen molar-refractivity contribution in [3.63, 3.8) is 0 Å². The average Bonchev–Trinajstić information content (AvgIpc) is 2.74. The van der Waals surface area contributed by atoms with Crippen LogP contribution in [0.25, 0.3) is 0 Å². The lowest BCUT2D eigenvalue weighted by Crippen LogP contribution is -2.49. The topological polar surface area (TPSA) is 44.8 Å². The normalized spacial score (nSPS) is 15.9. The first-order valence-electron chi connectivity index (χ1n) is 10.1. The predicted octanol–water partition coefficient (Wildman–Crippen LogP) is 3.47. The van der Waals surface area contributed by atoms with Gasteiger partial charge >= 0.3 is 0 Å². The highest BCUT2D eigenvalue weighted by molar-refractivity contribution is 5.78. The van der Waals surface area contributed by atoms with Gasteiger partial charge in [-0.1, -0.05) is 49.7 Å². The molecule has 0 radical (unpaired) electrons.